The van der Waals surface area contributed by atoms with Crippen LogP contribution in [0.3, 0.4) is 0 Å². The van der Waals surface area contributed by atoms with Gasteiger partial charge in [0.15, 0.2) is 5.76 Å². The van der Waals surface area contributed by atoms with Gasteiger partial charge in [-0.1, -0.05) is 5.16 Å². The Morgan fingerprint density at radius 3 is 2.72 bits per heavy atom. The van der Waals surface area contributed by atoms with Gasteiger partial charge in [-0.3, -0.25) is 14.6 Å². The standard InChI is InChI=1S/C18H18N4O3/c23-16-17(24)22(18-7-12(8-18)9-18)5-4-21(16)11-14-6-15(20-25-14)13-2-1-3-19-10-13/h1-3,6,10,12H,4-5,7-9,11H2. The van der Waals surface area contributed by atoms with Crippen LogP contribution in [0.2, 0.25) is 0 Å². The molecule has 6 rings (SSSR count). The SMILES string of the molecule is O=C1C(=O)N(C23CC(C2)C3)CCN1Cc1cc(-c2cccnc2)no1. The van der Waals surface area contributed by atoms with Crippen molar-refractivity contribution in [3.8, 4) is 11.3 Å². The van der Waals surface area contributed by atoms with Crippen LogP contribution >= 0.6 is 0 Å². The second kappa shape index (κ2) is 5.15. The molecule has 3 saturated carbocycles. The molecule has 0 spiro atoms. The summed E-state index contributed by atoms with van der Waals surface area (Å²) in [5.74, 6) is 0.548. The van der Waals surface area contributed by atoms with E-state index in [9.17, 15) is 9.59 Å². The number of hydrogen-bond acceptors (Lipinski definition) is 5. The number of aromatic nitrogens is 2. The fourth-order valence-corrected chi connectivity index (χ4v) is 4.27. The van der Waals surface area contributed by atoms with E-state index in [1.165, 1.54) is 0 Å². The Bertz CT molecular complexity index is 830. The van der Waals surface area contributed by atoms with E-state index in [2.05, 4.69) is 10.1 Å². The van der Waals surface area contributed by atoms with Gasteiger partial charge in [-0.2, -0.15) is 0 Å². The largest absolute Gasteiger partial charge is 0.359 e. The number of piperazine rings is 1. The maximum Gasteiger partial charge on any atom is 0.312 e. The molecule has 0 atom stereocenters. The molecule has 7 heteroatoms. The molecule has 0 N–H and O–H groups in total. The van der Waals surface area contributed by atoms with Crippen LogP contribution in [0.25, 0.3) is 11.3 Å². The summed E-state index contributed by atoms with van der Waals surface area (Å²) in [6, 6.07) is 5.52. The van der Waals surface area contributed by atoms with Crippen molar-refractivity contribution in [1.82, 2.24) is 19.9 Å². The van der Waals surface area contributed by atoms with Crippen molar-refractivity contribution in [2.75, 3.05) is 13.1 Å². The molecular formula is C18H18N4O3. The van der Waals surface area contributed by atoms with Crippen LogP contribution in [0.5, 0.6) is 0 Å². The van der Waals surface area contributed by atoms with E-state index in [1.807, 2.05) is 17.0 Å². The van der Waals surface area contributed by atoms with Crippen LogP contribution in [0.1, 0.15) is 25.0 Å². The summed E-state index contributed by atoms with van der Waals surface area (Å²) in [7, 11) is 0. The highest BCUT2D eigenvalue weighted by molar-refractivity contribution is 6.35. The van der Waals surface area contributed by atoms with Gasteiger partial charge in [-0.05, 0) is 37.3 Å². The molecule has 4 aliphatic rings. The average Bonchev–Trinajstić information content (AvgIpc) is 3.01. The van der Waals surface area contributed by atoms with E-state index >= 15 is 0 Å². The van der Waals surface area contributed by atoms with E-state index in [0.29, 0.717) is 24.5 Å². The molecule has 0 aromatic carbocycles. The molecule has 2 bridgehead atoms. The summed E-state index contributed by atoms with van der Waals surface area (Å²) in [6.07, 6.45) is 6.62. The first-order valence-corrected chi connectivity index (χ1v) is 8.61. The molecule has 128 valence electrons. The van der Waals surface area contributed by atoms with Gasteiger partial charge in [-0.15, -0.1) is 0 Å². The van der Waals surface area contributed by atoms with Crippen LogP contribution in [-0.4, -0.2) is 50.4 Å². The highest BCUT2D eigenvalue weighted by Crippen LogP contribution is 2.60. The molecule has 1 aliphatic heterocycles. The minimum Gasteiger partial charge on any atom is -0.359 e. The molecule has 2 aromatic rings. The lowest BCUT2D eigenvalue weighted by atomic mass is 9.49. The van der Waals surface area contributed by atoms with Crippen molar-refractivity contribution < 1.29 is 14.1 Å². The predicted octanol–water partition coefficient (Wildman–Crippen LogP) is 1.46. The third kappa shape index (κ3) is 2.18. The maximum atomic E-state index is 12.5. The van der Waals surface area contributed by atoms with Crippen molar-refractivity contribution in [3.63, 3.8) is 0 Å². The van der Waals surface area contributed by atoms with Gasteiger partial charge in [0.2, 0.25) is 0 Å². The average molecular weight is 338 g/mol. The Hall–Kier alpha value is -2.70. The highest BCUT2D eigenvalue weighted by atomic mass is 16.5. The van der Waals surface area contributed by atoms with E-state index in [0.717, 1.165) is 30.7 Å². The molecule has 25 heavy (non-hydrogen) atoms. The smallest absolute Gasteiger partial charge is 0.312 e. The van der Waals surface area contributed by atoms with Gasteiger partial charge >= 0.3 is 11.8 Å². The number of rotatable bonds is 4. The van der Waals surface area contributed by atoms with Crippen LogP contribution < -0.4 is 0 Å². The van der Waals surface area contributed by atoms with Gasteiger partial charge < -0.3 is 14.3 Å². The zero-order chi connectivity index (χ0) is 17.0. The Balaban J connectivity index is 1.28. The number of pyridine rings is 1. The van der Waals surface area contributed by atoms with Gasteiger partial charge in [0.1, 0.15) is 5.69 Å². The minimum atomic E-state index is -0.435. The summed E-state index contributed by atoms with van der Waals surface area (Å²) in [5.41, 5.74) is 1.53. The Morgan fingerprint density at radius 2 is 2.04 bits per heavy atom. The van der Waals surface area contributed by atoms with E-state index in [4.69, 9.17) is 4.52 Å². The molecule has 3 heterocycles. The van der Waals surface area contributed by atoms with Crippen molar-refractivity contribution >= 4 is 11.8 Å². The van der Waals surface area contributed by atoms with Gasteiger partial charge in [0.05, 0.1) is 6.54 Å². The third-order valence-corrected chi connectivity index (χ3v) is 5.75. The number of carbonyl (C=O) groups excluding carboxylic acids is 2. The lowest BCUT2D eigenvalue weighted by Gasteiger charge is -2.66. The Kier molecular flexibility index (Phi) is 3.01. The molecule has 3 aliphatic carbocycles. The first kappa shape index (κ1) is 14.6. The second-order valence-corrected chi connectivity index (χ2v) is 7.31. The molecule has 2 amide bonds. The van der Waals surface area contributed by atoms with Crippen molar-refractivity contribution in [3.05, 3.63) is 36.4 Å². The predicted molar refractivity (Wildman–Crippen MR) is 86.9 cm³/mol. The maximum absolute atomic E-state index is 12.5. The van der Waals surface area contributed by atoms with Gasteiger partial charge in [0, 0.05) is 42.7 Å². The number of amides is 2. The highest BCUT2D eigenvalue weighted by Gasteiger charge is 2.62. The zero-order valence-electron chi connectivity index (χ0n) is 13.7. The number of nitrogens with zero attached hydrogens (tertiary/aromatic N) is 4. The van der Waals surface area contributed by atoms with E-state index in [1.54, 1.807) is 23.4 Å². The summed E-state index contributed by atoms with van der Waals surface area (Å²) in [5, 5.41) is 4.03. The fourth-order valence-electron chi connectivity index (χ4n) is 4.27. The molecule has 4 fully saturated rings. The summed E-state index contributed by atoms with van der Waals surface area (Å²) in [6.45, 7) is 1.42. The van der Waals surface area contributed by atoms with Crippen molar-refractivity contribution in [2.24, 2.45) is 5.92 Å². The first-order valence-electron chi connectivity index (χ1n) is 8.61. The van der Waals surface area contributed by atoms with E-state index in [-0.39, 0.29) is 18.0 Å². The van der Waals surface area contributed by atoms with E-state index < -0.39 is 5.91 Å². The van der Waals surface area contributed by atoms with Crippen LogP contribution in [0, 0.1) is 5.92 Å². The molecule has 2 aromatic heterocycles. The summed E-state index contributed by atoms with van der Waals surface area (Å²) >= 11 is 0. The normalized spacial score (nSPS) is 27.9. The fraction of sp³-hybridized carbons (Fsp3) is 0.444. The van der Waals surface area contributed by atoms with Crippen LogP contribution in [0.15, 0.2) is 35.1 Å². The quantitative estimate of drug-likeness (QED) is 0.789. The minimum absolute atomic E-state index is 0.00319. The number of carbonyl (C=O) groups is 2. The molecule has 7 nitrogen and oxygen atoms in total. The lowest BCUT2D eigenvalue weighted by Crippen LogP contribution is -2.73. The first-order chi connectivity index (χ1) is 12.1. The van der Waals surface area contributed by atoms with Crippen molar-refractivity contribution in [1.29, 1.82) is 0 Å². The molecular weight excluding hydrogens is 320 g/mol. The lowest BCUT2D eigenvalue weighted by molar-refractivity contribution is -0.186. The Labute approximate surface area is 144 Å². The van der Waals surface area contributed by atoms with Gasteiger partial charge in [-0.25, -0.2) is 0 Å². The molecule has 0 radical (unpaired) electrons. The van der Waals surface area contributed by atoms with Crippen LogP contribution in [0.4, 0.5) is 0 Å². The number of hydrogen-bond donors (Lipinski definition) is 0. The van der Waals surface area contributed by atoms with Gasteiger partial charge in [0.25, 0.3) is 0 Å². The Morgan fingerprint density at radius 1 is 1.20 bits per heavy atom. The molecule has 1 saturated heterocycles. The molecule has 0 unspecified atom stereocenters. The van der Waals surface area contributed by atoms with Crippen LogP contribution in [-0.2, 0) is 16.1 Å². The monoisotopic (exact) mass is 338 g/mol. The third-order valence-electron chi connectivity index (χ3n) is 5.75. The van der Waals surface area contributed by atoms with Crippen molar-refractivity contribution in [2.45, 2.75) is 31.3 Å². The topological polar surface area (TPSA) is 79.5 Å². The second-order valence-electron chi connectivity index (χ2n) is 7.31. The zero-order valence-corrected chi connectivity index (χ0v) is 13.7. The summed E-state index contributed by atoms with van der Waals surface area (Å²) in [4.78, 5) is 32.4. The summed E-state index contributed by atoms with van der Waals surface area (Å²) < 4.78 is 5.34.